The fourth-order valence-corrected chi connectivity index (χ4v) is 1.82. The van der Waals surface area contributed by atoms with Gasteiger partial charge >= 0.3 is 0 Å². The van der Waals surface area contributed by atoms with Crippen LogP contribution in [0.15, 0.2) is 54.6 Å². The molecule has 0 fully saturated rings. The standard InChI is InChI=1S/C16H19NO3/c17-16(19)15(18)10-12-6-8-14(9-7-12)20-11-13-4-2-1-3-5-13/h1-9,15-16,18-19H,10-11,17H2/t15-,16?/m1/s1. The zero-order valence-corrected chi connectivity index (χ0v) is 11.1. The van der Waals surface area contributed by atoms with Gasteiger partial charge in [0.15, 0.2) is 0 Å². The first-order valence-corrected chi connectivity index (χ1v) is 6.52. The lowest BCUT2D eigenvalue weighted by Crippen LogP contribution is -2.35. The Morgan fingerprint density at radius 3 is 2.15 bits per heavy atom. The first-order valence-electron chi connectivity index (χ1n) is 6.52. The molecule has 0 saturated carbocycles. The van der Waals surface area contributed by atoms with E-state index >= 15 is 0 Å². The molecule has 20 heavy (non-hydrogen) atoms. The zero-order valence-electron chi connectivity index (χ0n) is 11.1. The molecule has 0 radical (unpaired) electrons. The van der Waals surface area contributed by atoms with Crippen molar-refractivity contribution in [3.05, 3.63) is 65.7 Å². The predicted molar refractivity (Wildman–Crippen MR) is 77.1 cm³/mol. The van der Waals surface area contributed by atoms with Crippen LogP contribution in [0, 0.1) is 0 Å². The second kappa shape index (κ2) is 7.05. The number of aliphatic hydroxyl groups is 2. The molecule has 2 aromatic rings. The summed E-state index contributed by atoms with van der Waals surface area (Å²) in [6.07, 6.45) is -1.86. The van der Waals surface area contributed by atoms with Gasteiger partial charge in [-0.3, -0.25) is 0 Å². The maximum absolute atomic E-state index is 9.49. The fraction of sp³-hybridized carbons (Fsp3) is 0.250. The van der Waals surface area contributed by atoms with E-state index in [9.17, 15) is 5.11 Å². The molecule has 0 aromatic heterocycles. The second-order valence-electron chi connectivity index (χ2n) is 4.68. The number of benzene rings is 2. The molecule has 0 aliphatic heterocycles. The summed E-state index contributed by atoms with van der Waals surface area (Å²) in [7, 11) is 0. The van der Waals surface area contributed by atoms with E-state index < -0.39 is 12.3 Å². The Morgan fingerprint density at radius 2 is 1.55 bits per heavy atom. The summed E-state index contributed by atoms with van der Waals surface area (Å²) in [5, 5.41) is 18.5. The average Bonchev–Trinajstić information content (AvgIpc) is 2.47. The normalized spacial score (nSPS) is 13.8. The summed E-state index contributed by atoms with van der Waals surface area (Å²) in [4.78, 5) is 0. The van der Waals surface area contributed by atoms with Crippen LogP contribution in [0.25, 0.3) is 0 Å². The van der Waals surface area contributed by atoms with Crippen molar-refractivity contribution in [2.75, 3.05) is 0 Å². The number of hydrogen-bond acceptors (Lipinski definition) is 4. The first kappa shape index (κ1) is 14.5. The van der Waals surface area contributed by atoms with E-state index in [0.717, 1.165) is 16.9 Å². The largest absolute Gasteiger partial charge is 0.489 e. The smallest absolute Gasteiger partial charge is 0.128 e. The topological polar surface area (TPSA) is 75.7 Å². The molecule has 0 saturated heterocycles. The Kier molecular flexibility index (Phi) is 5.12. The number of nitrogens with two attached hydrogens (primary N) is 1. The van der Waals surface area contributed by atoms with Gasteiger partial charge in [0.2, 0.25) is 0 Å². The van der Waals surface area contributed by atoms with E-state index in [1.54, 1.807) is 0 Å². The highest BCUT2D eigenvalue weighted by atomic mass is 16.5. The van der Waals surface area contributed by atoms with Crippen molar-refractivity contribution >= 4 is 0 Å². The van der Waals surface area contributed by atoms with Crippen molar-refractivity contribution in [3.63, 3.8) is 0 Å². The summed E-state index contributed by atoms with van der Waals surface area (Å²) in [5.74, 6) is 0.764. The van der Waals surface area contributed by atoms with Crippen molar-refractivity contribution in [1.29, 1.82) is 0 Å². The zero-order chi connectivity index (χ0) is 14.4. The fourth-order valence-electron chi connectivity index (χ4n) is 1.82. The highest BCUT2D eigenvalue weighted by molar-refractivity contribution is 5.28. The third-order valence-corrected chi connectivity index (χ3v) is 3.01. The molecule has 2 rings (SSSR count). The van der Waals surface area contributed by atoms with Gasteiger partial charge in [0.1, 0.15) is 18.6 Å². The average molecular weight is 273 g/mol. The van der Waals surface area contributed by atoms with Crippen LogP contribution in [0.3, 0.4) is 0 Å². The van der Waals surface area contributed by atoms with Crippen LogP contribution in [0.1, 0.15) is 11.1 Å². The second-order valence-corrected chi connectivity index (χ2v) is 4.68. The van der Waals surface area contributed by atoms with E-state index in [1.807, 2.05) is 54.6 Å². The molecule has 0 aliphatic carbocycles. The summed E-state index contributed by atoms with van der Waals surface area (Å²) in [6.45, 7) is 0.518. The van der Waals surface area contributed by atoms with Crippen LogP contribution in [0.2, 0.25) is 0 Å². The molecule has 0 amide bonds. The van der Waals surface area contributed by atoms with Gasteiger partial charge in [0.05, 0.1) is 6.10 Å². The Morgan fingerprint density at radius 1 is 0.900 bits per heavy atom. The molecule has 0 aliphatic rings. The molecule has 0 heterocycles. The molecule has 106 valence electrons. The van der Waals surface area contributed by atoms with E-state index in [1.165, 1.54) is 0 Å². The van der Waals surface area contributed by atoms with Crippen molar-refractivity contribution in [2.45, 2.75) is 25.4 Å². The van der Waals surface area contributed by atoms with Crippen molar-refractivity contribution in [3.8, 4) is 5.75 Å². The number of aliphatic hydroxyl groups excluding tert-OH is 2. The quantitative estimate of drug-likeness (QED) is 0.696. The Balaban J connectivity index is 1.88. The van der Waals surface area contributed by atoms with Gasteiger partial charge in [0, 0.05) is 6.42 Å². The van der Waals surface area contributed by atoms with Gasteiger partial charge in [-0.2, -0.15) is 0 Å². The minimum absolute atomic E-state index is 0.316. The molecule has 2 aromatic carbocycles. The lowest BCUT2D eigenvalue weighted by molar-refractivity contribution is 0.0243. The van der Waals surface area contributed by atoms with Gasteiger partial charge in [0.25, 0.3) is 0 Å². The van der Waals surface area contributed by atoms with E-state index in [-0.39, 0.29) is 0 Å². The molecule has 4 nitrogen and oxygen atoms in total. The van der Waals surface area contributed by atoms with E-state index in [4.69, 9.17) is 15.6 Å². The highest BCUT2D eigenvalue weighted by Gasteiger charge is 2.11. The SMILES string of the molecule is NC(O)[C@H](O)Cc1ccc(OCc2ccccc2)cc1. The molecule has 2 atom stereocenters. The third kappa shape index (κ3) is 4.35. The molecular formula is C16H19NO3. The molecule has 4 N–H and O–H groups in total. The molecule has 0 spiro atoms. The van der Waals surface area contributed by atoms with E-state index in [0.29, 0.717) is 13.0 Å². The van der Waals surface area contributed by atoms with Crippen LogP contribution >= 0.6 is 0 Å². The molecule has 4 heteroatoms. The first-order chi connectivity index (χ1) is 9.65. The van der Waals surface area contributed by atoms with Crippen LogP contribution in [-0.4, -0.2) is 22.5 Å². The predicted octanol–water partition coefficient (Wildman–Crippen LogP) is 1.45. The van der Waals surface area contributed by atoms with Crippen molar-refractivity contribution in [1.82, 2.24) is 0 Å². The van der Waals surface area contributed by atoms with Crippen LogP contribution in [0.5, 0.6) is 5.75 Å². The third-order valence-electron chi connectivity index (χ3n) is 3.01. The number of hydrogen-bond donors (Lipinski definition) is 3. The minimum Gasteiger partial charge on any atom is -0.489 e. The Bertz CT molecular complexity index is 511. The van der Waals surface area contributed by atoms with Gasteiger partial charge in [-0.15, -0.1) is 0 Å². The maximum Gasteiger partial charge on any atom is 0.128 e. The molecule has 0 bridgehead atoms. The van der Waals surface area contributed by atoms with Crippen molar-refractivity contribution in [2.24, 2.45) is 5.73 Å². The van der Waals surface area contributed by atoms with E-state index in [2.05, 4.69) is 0 Å². The summed E-state index contributed by atoms with van der Waals surface area (Å²) in [6, 6.07) is 17.3. The summed E-state index contributed by atoms with van der Waals surface area (Å²) < 4.78 is 5.66. The summed E-state index contributed by atoms with van der Waals surface area (Å²) >= 11 is 0. The lowest BCUT2D eigenvalue weighted by Gasteiger charge is -2.13. The minimum atomic E-state index is -1.22. The highest BCUT2D eigenvalue weighted by Crippen LogP contribution is 2.15. The van der Waals surface area contributed by atoms with Gasteiger partial charge < -0.3 is 20.7 Å². The lowest BCUT2D eigenvalue weighted by atomic mass is 10.1. The monoisotopic (exact) mass is 273 g/mol. The van der Waals surface area contributed by atoms with Crippen molar-refractivity contribution < 1.29 is 14.9 Å². The maximum atomic E-state index is 9.49. The molecular weight excluding hydrogens is 254 g/mol. The van der Waals surface area contributed by atoms with Crippen LogP contribution in [0.4, 0.5) is 0 Å². The Hall–Kier alpha value is -1.88. The van der Waals surface area contributed by atoms with Crippen LogP contribution < -0.4 is 10.5 Å². The van der Waals surface area contributed by atoms with Crippen LogP contribution in [-0.2, 0) is 13.0 Å². The number of rotatable bonds is 6. The van der Waals surface area contributed by atoms with Gasteiger partial charge in [-0.1, -0.05) is 42.5 Å². The Labute approximate surface area is 118 Å². The van der Waals surface area contributed by atoms with Gasteiger partial charge in [-0.05, 0) is 23.3 Å². The molecule has 1 unspecified atom stereocenters. The van der Waals surface area contributed by atoms with Gasteiger partial charge in [-0.25, -0.2) is 0 Å². The summed E-state index contributed by atoms with van der Waals surface area (Å²) in [5.41, 5.74) is 7.21. The number of ether oxygens (including phenoxy) is 1.